The quantitative estimate of drug-likeness (QED) is 0.667. The minimum atomic E-state index is -0.678. The van der Waals surface area contributed by atoms with Crippen LogP contribution < -0.4 is 5.46 Å². The van der Waals surface area contributed by atoms with Crippen LogP contribution in [0.1, 0.15) is 46.3 Å². The number of hydrogen-bond donors (Lipinski definition) is 1. The molecule has 2 heterocycles. The number of rotatable bonds is 2. The van der Waals surface area contributed by atoms with Crippen molar-refractivity contribution in [1.82, 2.24) is 4.98 Å². The Hall–Kier alpha value is -0.615. The van der Waals surface area contributed by atoms with Gasteiger partial charge in [-0.25, -0.2) is 4.98 Å². The van der Waals surface area contributed by atoms with Crippen molar-refractivity contribution in [2.45, 2.75) is 51.9 Å². The predicted octanol–water partition coefficient (Wildman–Crippen LogP) is 2.09. The number of aliphatic hydroxyl groups excluding tert-OH is 1. The van der Waals surface area contributed by atoms with Gasteiger partial charge in [-0.2, -0.15) is 0 Å². The van der Waals surface area contributed by atoms with Crippen molar-refractivity contribution >= 4 is 24.2 Å². The lowest BCUT2D eigenvalue weighted by molar-refractivity contribution is 0.00578. The van der Waals surface area contributed by atoms with Gasteiger partial charge in [0.25, 0.3) is 0 Å². The van der Waals surface area contributed by atoms with Crippen LogP contribution in [0.3, 0.4) is 0 Å². The maximum absolute atomic E-state index is 9.67. The first-order valence-electron chi connectivity index (χ1n) is 6.33. The molecule has 0 aromatic carbocycles. The molecule has 2 rings (SSSR count). The van der Waals surface area contributed by atoms with Crippen LogP contribution >= 0.6 is 11.6 Å². The van der Waals surface area contributed by atoms with Crippen LogP contribution in [0.5, 0.6) is 0 Å². The third kappa shape index (κ3) is 2.65. The van der Waals surface area contributed by atoms with Crippen LogP contribution in [0.4, 0.5) is 0 Å². The van der Waals surface area contributed by atoms with Gasteiger partial charge in [-0.3, -0.25) is 0 Å². The molecule has 1 aromatic heterocycles. The largest absolute Gasteiger partial charge is 0.496 e. The Kier molecular flexibility index (Phi) is 3.69. The number of aromatic nitrogens is 1. The first-order valence-corrected chi connectivity index (χ1v) is 6.71. The van der Waals surface area contributed by atoms with Crippen molar-refractivity contribution < 1.29 is 14.4 Å². The van der Waals surface area contributed by atoms with E-state index in [9.17, 15) is 5.11 Å². The molecule has 6 heteroatoms. The second-order valence-corrected chi connectivity index (χ2v) is 6.27. The standard InChI is InChI=1S/C13H19BClNO3/c1-8(17)10-6-9(7-16-11(10)15)14-18-12(2,3)13(4,5)19-14/h6-8,17H,1-5H3. The van der Waals surface area contributed by atoms with E-state index >= 15 is 0 Å². The Labute approximate surface area is 119 Å². The van der Waals surface area contributed by atoms with Gasteiger partial charge in [0.15, 0.2) is 0 Å². The fourth-order valence-electron chi connectivity index (χ4n) is 1.88. The van der Waals surface area contributed by atoms with Crippen LogP contribution in [-0.2, 0) is 9.31 Å². The first-order chi connectivity index (χ1) is 8.64. The van der Waals surface area contributed by atoms with Crippen molar-refractivity contribution in [2.24, 2.45) is 0 Å². The smallest absolute Gasteiger partial charge is 0.399 e. The molecule has 104 valence electrons. The van der Waals surface area contributed by atoms with E-state index in [1.165, 1.54) is 0 Å². The summed E-state index contributed by atoms with van der Waals surface area (Å²) >= 11 is 5.96. The number of pyridine rings is 1. The highest BCUT2D eigenvalue weighted by Gasteiger charge is 2.51. The molecule has 1 unspecified atom stereocenters. The zero-order valence-electron chi connectivity index (χ0n) is 11.9. The third-order valence-electron chi connectivity index (χ3n) is 3.86. The molecule has 1 aliphatic rings. The average molecular weight is 284 g/mol. The highest BCUT2D eigenvalue weighted by atomic mass is 35.5. The van der Waals surface area contributed by atoms with E-state index in [1.807, 2.05) is 27.7 Å². The van der Waals surface area contributed by atoms with Gasteiger partial charge in [0.1, 0.15) is 5.15 Å². The second-order valence-electron chi connectivity index (χ2n) is 5.91. The van der Waals surface area contributed by atoms with Crippen molar-refractivity contribution in [3.63, 3.8) is 0 Å². The summed E-state index contributed by atoms with van der Waals surface area (Å²) in [7, 11) is -0.493. The van der Waals surface area contributed by atoms with Gasteiger partial charge in [-0.1, -0.05) is 17.7 Å². The molecule has 0 saturated carbocycles. The van der Waals surface area contributed by atoms with Crippen molar-refractivity contribution in [2.75, 3.05) is 0 Å². The molecular weight excluding hydrogens is 264 g/mol. The Morgan fingerprint density at radius 3 is 2.26 bits per heavy atom. The monoisotopic (exact) mass is 283 g/mol. The van der Waals surface area contributed by atoms with Crippen molar-refractivity contribution in [3.05, 3.63) is 23.0 Å². The summed E-state index contributed by atoms with van der Waals surface area (Å²) in [6.45, 7) is 9.62. The van der Waals surface area contributed by atoms with E-state index in [1.54, 1.807) is 19.2 Å². The van der Waals surface area contributed by atoms with E-state index < -0.39 is 24.4 Å². The summed E-state index contributed by atoms with van der Waals surface area (Å²) in [5, 5.41) is 9.97. The van der Waals surface area contributed by atoms with E-state index in [4.69, 9.17) is 20.9 Å². The topological polar surface area (TPSA) is 51.6 Å². The summed E-state index contributed by atoms with van der Waals surface area (Å²) in [4.78, 5) is 4.09. The van der Waals surface area contributed by atoms with Crippen LogP contribution in [0, 0.1) is 0 Å². The molecular formula is C13H19BClNO3. The highest BCUT2D eigenvalue weighted by molar-refractivity contribution is 6.62. The van der Waals surface area contributed by atoms with Crippen LogP contribution in [0.25, 0.3) is 0 Å². The van der Waals surface area contributed by atoms with Crippen LogP contribution in [-0.4, -0.2) is 28.4 Å². The fourth-order valence-corrected chi connectivity index (χ4v) is 2.14. The fraction of sp³-hybridized carbons (Fsp3) is 0.615. The molecule has 0 aliphatic carbocycles. The molecule has 1 saturated heterocycles. The Morgan fingerprint density at radius 1 is 1.26 bits per heavy atom. The molecule has 4 nitrogen and oxygen atoms in total. The lowest BCUT2D eigenvalue weighted by Crippen LogP contribution is -2.41. The highest BCUT2D eigenvalue weighted by Crippen LogP contribution is 2.36. The maximum atomic E-state index is 9.67. The minimum Gasteiger partial charge on any atom is -0.399 e. The molecule has 1 aliphatic heterocycles. The Bertz CT molecular complexity index is 475. The zero-order chi connectivity index (χ0) is 14.4. The maximum Gasteiger partial charge on any atom is 0.496 e. The van der Waals surface area contributed by atoms with E-state index in [0.29, 0.717) is 10.7 Å². The first kappa shape index (κ1) is 14.8. The van der Waals surface area contributed by atoms with Crippen LogP contribution in [0.15, 0.2) is 12.3 Å². The lowest BCUT2D eigenvalue weighted by Gasteiger charge is -2.32. The van der Waals surface area contributed by atoms with Gasteiger partial charge in [-0.05, 0) is 34.6 Å². The third-order valence-corrected chi connectivity index (χ3v) is 4.18. The van der Waals surface area contributed by atoms with E-state index in [0.717, 1.165) is 5.46 Å². The van der Waals surface area contributed by atoms with Gasteiger partial charge < -0.3 is 14.4 Å². The zero-order valence-corrected chi connectivity index (χ0v) is 12.7. The molecule has 0 amide bonds. The Morgan fingerprint density at radius 2 is 1.79 bits per heavy atom. The van der Waals surface area contributed by atoms with Gasteiger partial charge in [0, 0.05) is 17.2 Å². The molecule has 1 fully saturated rings. The number of nitrogens with zero attached hydrogens (tertiary/aromatic N) is 1. The molecule has 1 atom stereocenters. The average Bonchev–Trinajstić information content (AvgIpc) is 2.48. The van der Waals surface area contributed by atoms with Gasteiger partial charge in [0.05, 0.1) is 17.3 Å². The second kappa shape index (κ2) is 4.74. The summed E-state index contributed by atoms with van der Waals surface area (Å²) in [6.07, 6.45) is 0.943. The van der Waals surface area contributed by atoms with Gasteiger partial charge >= 0.3 is 7.12 Å². The summed E-state index contributed by atoms with van der Waals surface area (Å²) < 4.78 is 11.9. The summed E-state index contributed by atoms with van der Waals surface area (Å²) in [6, 6.07) is 1.78. The Balaban J connectivity index is 2.32. The molecule has 19 heavy (non-hydrogen) atoms. The minimum absolute atomic E-state index is 0.301. The summed E-state index contributed by atoms with van der Waals surface area (Å²) in [5.74, 6) is 0. The van der Waals surface area contributed by atoms with E-state index in [-0.39, 0.29) is 0 Å². The summed E-state index contributed by atoms with van der Waals surface area (Å²) in [5.41, 5.74) is 0.540. The molecule has 1 N–H and O–H groups in total. The lowest BCUT2D eigenvalue weighted by atomic mass is 9.79. The van der Waals surface area contributed by atoms with E-state index in [2.05, 4.69) is 4.98 Å². The molecule has 0 spiro atoms. The van der Waals surface area contributed by atoms with Crippen LogP contribution in [0.2, 0.25) is 5.15 Å². The molecule has 1 aromatic rings. The number of aliphatic hydroxyl groups is 1. The van der Waals surface area contributed by atoms with Crippen molar-refractivity contribution in [1.29, 1.82) is 0 Å². The normalized spacial score (nSPS) is 22.6. The predicted molar refractivity (Wildman–Crippen MR) is 75.6 cm³/mol. The molecule has 0 radical (unpaired) electrons. The van der Waals surface area contributed by atoms with Gasteiger partial charge in [0.2, 0.25) is 0 Å². The van der Waals surface area contributed by atoms with Gasteiger partial charge in [-0.15, -0.1) is 0 Å². The van der Waals surface area contributed by atoms with Crippen molar-refractivity contribution in [3.8, 4) is 0 Å². The number of halogens is 1. The SMILES string of the molecule is CC(O)c1cc(B2OC(C)(C)C(C)(C)O2)cnc1Cl. The number of hydrogen-bond acceptors (Lipinski definition) is 4. The molecule has 0 bridgehead atoms.